The van der Waals surface area contributed by atoms with E-state index in [9.17, 15) is 29.8 Å². The molecule has 0 fully saturated rings. The number of hydrogen-bond donors (Lipinski definition) is 0. The van der Waals surface area contributed by atoms with Crippen LogP contribution in [0.4, 0.5) is 11.4 Å². The molecule has 0 aliphatic heterocycles. The highest BCUT2D eigenvalue weighted by molar-refractivity contribution is 6.42. The molecule has 0 saturated heterocycles. The van der Waals surface area contributed by atoms with Gasteiger partial charge in [-0.15, -0.1) is 0 Å². The summed E-state index contributed by atoms with van der Waals surface area (Å²) in [5.74, 6) is -0.472. The van der Waals surface area contributed by atoms with Crippen molar-refractivity contribution in [1.82, 2.24) is 0 Å². The van der Waals surface area contributed by atoms with Crippen molar-refractivity contribution in [2.75, 3.05) is 0 Å². The van der Waals surface area contributed by atoms with Crippen molar-refractivity contribution in [3.8, 4) is 22.3 Å². The topological polar surface area (TPSA) is 120 Å². The van der Waals surface area contributed by atoms with E-state index in [1.54, 1.807) is 60.7 Å². The van der Waals surface area contributed by atoms with Crippen LogP contribution in [0.15, 0.2) is 84.9 Å². The molecule has 0 bridgehead atoms. The molecule has 196 valence electrons. The summed E-state index contributed by atoms with van der Waals surface area (Å²) in [5.41, 5.74) is 2.77. The highest BCUT2D eigenvalue weighted by atomic mass is 16.6. The first kappa shape index (κ1) is 22.8. The third kappa shape index (κ3) is 2.48. The zero-order valence-corrected chi connectivity index (χ0v) is 21.4. The number of nitrogens with zero attached hydrogens (tertiary/aromatic N) is 2. The van der Waals surface area contributed by atoms with E-state index in [0.717, 1.165) is 10.8 Å². The van der Waals surface area contributed by atoms with Gasteiger partial charge in [-0.3, -0.25) is 29.8 Å². The summed E-state index contributed by atoms with van der Waals surface area (Å²) in [4.78, 5) is 51.6. The van der Waals surface area contributed by atoms with Crippen LogP contribution in [0.1, 0.15) is 31.8 Å². The highest BCUT2D eigenvalue weighted by Gasteiger charge is 2.36. The lowest BCUT2D eigenvalue weighted by Gasteiger charge is -2.25. The molecule has 0 atom stereocenters. The molecule has 0 aromatic heterocycles. The largest absolute Gasteiger partial charge is 0.289 e. The molecule has 8 nitrogen and oxygen atoms in total. The van der Waals surface area contributed by atoms with E-state index in [1.165, 1.54) is 12.1 Å². The average Bonchev–Trinajstić information content (AvgIpc) is 3.01. The maximum absolute atomic E-state index is 13.7. The lowest BCUT2D eigenvalue weighted by Crippen LogP contribution is -2.13. The monoisotopic (exact) mass is 546 g/mol. The van der Waals surface area contributed by atoms with Crippen LogP contribution < -0.4 is 0 Å². The van der Waals surface area contributed by atoms with E-state index in [-0.39, 0.29) is 22.9 Å². The molecule has 0 spiro atoms. The van der Waals surface area contributed by atoms with E-state index >= 15 is 0 Å². The number of fused-ring (bicyclic) bond motifs is 6. The zero-order chi connectivity index (χ0) is 28.6. The third-order valence-electron chi connectivity index (χ3n) is 8.87. The van der Waals surface area contributed by atoms with Gasteiger partial charge in [0.25, 0.3) is 11.4 Å². The van der Waals surface area contributed by atoms with Gasteiger partial charge in [0.2, 0.25) is 0 Å². The van der Waals surface area contributed by atoms with Gasteiger partial charge in [0.05, 0.1) is 21.0 Å². The van der Waals surface area contributed by atoms with Crippen molar-refractivity contribution in [3.63, 3.8) is 0 Å². The quantitative estimate of drug-likeness (QED) is 0.0938. The molecule has 2 aliphatic rings. The molecule has 0 unspecified atom stereocenters. The lowest BCUT2D eigenvalue weighted by atomic mass is 9.76. The molecule has 2 aliphatic carbocycles. The first-order valence-electron chi connectivity index (χ1n) is 13.2. The van der Waals surface area contributed by atoms with Crippen molar-refractivity contribution in [2.45, 2.75) is 0 Å². The Kier molecular flexibility index (Phi) is 4.00. The Morgan fingerprint density at radius 1 is 0.429 bits per heavy atom. The van der Waals surface area contributed by atoms with Crippen molar-refractivity contribution < 1.29 is 19.4 Å². The lowest BCUT2D eigenvalue weighted by molar-refractivity contribution is -0.384. The fraction of sp³-hybridized carbons (Fsp3) is 0. The van der Waals surface area contributed by atoms with Crippen LogP contribution in [-0.2, 0) is 0 Å². The second-order valence-electron chi connectivity index (χ2n) is 10.7. The van der Waals surface area contributed by atoms with Crippen molar-refractivity contribution in [3.05, 3.63) is 127 Å². The number of carbonyl (C=O) groups excluding carboxylic acids is 2. The summed E-state index contributed by atoms with van der Waals surface area (Å²) in [6.07, 6.45) is 0. The highest BCUT2D eigenvalue weighted by Crippen LogP contribution is 2.54. The predicted molar refractivity (Wildman–Crippen MR) is 159 cm³/mol. The molecule has 9 rings (SSSR count). The molecule has 0 N–H and O–H groups in total. The fourth-order valence-corrected chi connectivity index (χ4v) is 7.28. The van der Waals surface area contributed by atoms with Crippen LogP contribution >= 0.6 is 0 Å². The normalized spacial score (nSPS) is 13.2. The standard InChI is InChI=1S/C34H14N2O6/c37-33-19-7-3-1-5-15(19)29-25(35(39)40)13-23-24-14-26(36(41)42)30-16-6-2-4-8-20(16)34(38)22-12-10-18(28(24)32(22)30)17-9-11-21(33)31(29)27(17)23/h1-14H. The van der Waals surface area contributed by atoms with E-state index < -0.39 is 9.85 Å². The molecule has 7 aromatic rings. The number of nitro groups is 2. The number of nitro benzene ring substituents is 2. The van der Waals surface area contributed by atoms with E-state index in [1.807, 2.05) is 12.1 Å². The first-order chi connectivity index (χ1) is 20.4. The molecule has 8 heteroatoms. The molecular formula is C34H14N2O6. The molecule has 0 amide bonds. The predicted octanol–water partition coefficient (Wildman–Crippen LogP) is 7.98. The van der Waals surface area contributed by atoms with Gasteiger partial charge in [-0.2, -0.15) is 0 Å². The van der Waals surface area contributed by atoms with Crippen LogP contribution in [-0.4, -0.2) is 21.4 Å². The Morgan fingerprint density at radius 3 is 1.19 bits per heavy atom. The maximum atomic E-state index is 13.7. The van der Waals surface area contributed by atoms with Crippen LogP contribution in [0.5, 0.6) is 0 Å². The number of benzene rings is 7. The van der Waals surface area contributed by atoms with Gasteiger partial charge in [-0.25, -0.2) is 0 Å². The Bertz CT molecular complexity index is 2340. The molecule has 0 radical (unpaired) electrons. The van der Waals surface area contributed by atoms with Crippen molar-refractivity contribution >= 4 is 66.0 Å². The second kappa shape index (κ2) is 7.38. The molecular weight excluding hydrogens is 532 g/mol. The van der Waals surface area contributed by atoms with Gasteiger partial charge in [0, 0.05) is 56.3 Å². The Balaban J connectivity index is 1.60. The van der Waals surface area contributed by atoms with Crippen LogP contribution in [0.2, 0.25) is 0 Å². The van der Waals surface area contributed by atoms with Crippen LogP contribution in [0, 0.1) is 20.2 Å². The van der Waals surface area contributed by atoms with Crippen LogP contribution in [0.3, 0.4) is 0 Å². The summed E-state index contributed by atoms with van der Waals surface area (Å²) < 4.78 is 0. The summed E-state index contributed by atoms with van der Waals surface area (Å²) in [6.45, 7) is 0. The number of hydrogen-bond acceptors (Lipinski definition) is 6. The minimum absolute atomic E-state index is 0.191. The number of rotatable bonds is 2. The Labute approximate surface area is 235 Å². The molecule has 0 heterocycles. The zero-order valence-electron chi connectivity index (χ0n) is 21.4. The summed E-state index contributed by atoms with van der Waals surface area (Å²) in [6, 6.07) is 23.7. The number of carbonyl (C=O) groups is 2. The van der Waals surface area contributed by atoms with Gasteiger partial charge in [0.1, 0.15) is 0 Å². The minimum Gasteiger partial charge on any atom is -0.289 e. The first-order valence-corrected chi connectivity index (χ1v) is 13.2. The summed E-state index contributed by atoms with van der Waals surface area (Å²) >= 11 is 0. The van der Waals surface area contributed by atoms with Gasteiger partial charge < -0.3 is 0 Å². The SMILES string of the molecule is O=C1c2ccccc2-c2c([N+](=O)[O-])cc3c4cc([N+](=O)[O-])c5c6c(ccc(c7ccc1c2c73)c64)C(=O)c1ccccc1-5. The van der Waals surface area contributed by atoms with E-state index in [0.29, 0.717) is 76.8 Å². The average molecular weight is 546 g/mol. The summed E-state index contributed by atoms with van der Waals surface area (Å²) in [5, 5.41) is 29.7. The van der Waals surface area contributed by atoms with E-state index in [2.05, 4.69) is 0 Å². The third-order valence-corrected chi connectivity index (χ3v) is 8.87. The van der Waals surface area contributed by atoms with Crippen molar-refractivity contribution in [1.29, 1.82) is 0 Å². The van der Waals surface area contributed by atoms with Gasteiger partial charge in [-0.05, 0) is 44.5 Å². The van der Waals surface area contributed by atoms with Gasteiger partial charge in [0.15, 0.2) is 11.6 Å². The number of ketones is 2. The molecule has 42 heavy (non-hydrogen) atoms. The van der Waals surface area contributed by atoms with E-state index in [4.69, 9.17) is 0 Å². The Morgan fingerprint density at radius 2 is 0.810 bits per heavy atom. The molecule has 7 aromatic carbocycles. The summed E-state index contributed by atoms with van der Waals surface area (Å²) in [7, 11) is 0. The second-order valence-corrected chi connectivity index (χ2v) is 10.7. The maximum Gasteiger partial charge on any atom is 0.278 e. The smallest absolute Gasteiger partial charge is 0.278 e. The Hall–Kier alpha value is -6.02. The van der Waals surface area contributed by atoms with Crippen LogP contribution in [0.25, 0.3) is 65.3 Å². The fourth-order valence-electron chi connectivity index (χ4n) is 7.28. The minimum atomic E-state index is -0.469. The van der Waals surface area contributed by atoms with Gasteiger partial charge in [-0.1, -0.05) is 60.7 Å². The van der Waals surface area contributed by atoms with Gasteiger partial charge >= 0.3 is 0 Å². The van der Waals surface area contributed by atoms with Crippen molar-refractivity contribution in [2.24, 2.45) is 0 Å². The molecule has 0 saturated carbocycles.